The van der Waals surface area contributed by atoms with Crippen LogP contribution in [0.3, 0.4) is 0 Å². The quantitative estimate of drug-likeness (QED) is 0.327. The molecule has 204 valence electrons. The summed E-state index contributed by atoms with van der Waals surface area (Å²) in [4.78, 5) is 38.8. The van der Waals surface area contributed by atoms with Gasteiger partial charge in [-0.1, -0.05) is 28.1 Å². The number of rotatable bonds is 8. The molecule has 0 saturated carbocycles. The molecule has 1 aliphatic heterocycles. The van der Waals surface area contributed by atoms with Gasteiger partial charge in [0.15, 0.2) is 0 Å². The summed E-state index contributed by atoms with van der Waals surface area (Å²) in [7, 11) is 1.51. The van der Waals surface area contributed by atoms with Crippen molar-refractivity contribution in [2.45, 2.75) is 38.5 Å². The van der Waals surface area contributed by atoms with Crippen LogP contribution in [0.1, 0.15) is 53.6 Å². The van der Waals surface area contributed by atoms with Crippen molar-refractivity contribution in [3.05, 3.63) is 87.6 Å². The lowest BCUT2D eigenvalue weighted by Crippen LogP contribution is -2.38. The van der Waals surface area contributed by atoms with Crippen molar-refractivity contribution in [3.63, 3.8) is 0 Å². The zero-order chi connectivity index (χ0) is 27.9. The Morgan fingerprint density at radius 1 is 1.00 bits per heavy atom. The van der Waals surface area contributed by atoms with Gasteiger partial charge in [0, 0.05) is 42.2 Å². The Bertz CT molecular complexity index is 1350. The number of benzene rings is 3. The Labute approximate surface area is 235 Å². The van der Waals surface area contributed by atoms with E-state index in [1.807, 2.05) is 29.2 Å². The summed E-state index contributed by atoms with van der Waals surface area (Å²) in [5.74, 6) is 0.00213. The molecule has 7 nitrogen and oxygen atoms in total. The van der Waals surface area contributed by atoms with E-state index in [0.717, 1.165) is 22.9 Å². The number of halogens is 2. The van der Waals surface area contributed by atoms with Gasteiger partial charge in [0.2, 0.25) is 11.8 Å². The number of methoxy groups -OCH3 is 1. The molecule has 0 aromatic heterocycles. The van der Waals surface area contributed by atoms with E-state index >= 15 is 0 Å². The van der Waals surface area contributed by atoms with Crippen LogP contribution < -0.4 is 15.4 Å². The van der Waals surface area contributed by atoms with Gasteiger partial charge in [-0.15, -0.1) is 0 Å². The van der Waals surface area contributed by atoms with Gasteiger partial charge < -0.3 is 20.3 Å². The molecule has 0 bridgehead atoms. The van der Waals surface area contributed by atoms with E-state index in [1.54, 1.807) is 30.3 Å². The van der Waals surface area contributed by atoms with E-state index in [9.17, 15) is 18.8 Å². The Hall–Kier alpha value is -3.72. The van der Waals surface area contributed by atoms with Crippen molar-refractivity contribution in [2.24, 2.45) is 0 Å². The summed E-state index contributed by atoms with van der Waals surface area (Å²) in [5, 5.41) is 5.59. The topological polar surface area (TPSA) is 87.7 Å². The molecule has 2 N–H and O–H groups in total. The third kappa shape index (κ3) is 7.44. The fourth-order valence-corrected chi connectivity index (χ4v) is 5.18. The van der Waals surface area contributed by atoms with Crippen LogP contribution in [0.2, 0.25) is 0 Å². The fraction of sp³-hybridized carbons (Fsp3) is 0.300. The highest BCUT2D eigenvalue weighted by Crippen LogP contribution is 2.31. The molecule has 1 saturated heterocycles. The van der Waals surface area contributed by atoms with Crippen molar-refractivity contribution in [1.29, 1.82) is 0 Å². The fourth-order valence-electron chi connectivity index (χ4n) is 4.77. The van der Waals surface area contributed by atoms with Crippen molar-refractivity contribution in [2.75, 3.05) is 30.8 Å². The summed E-state index contributed by atoms with van der Waals surface area (Å²) in [6.07, 6.45) is 2.15. The Morgan fingerprint density at radius 3 is 2.38 bits per heavy atom. The predicted molar refractivity (Wildman–Crippen MR) is 153 cm³/mol. The molecule has 0 atom stereocenters. The number of ether oxygens (including phenoxy) is 1. The summed E-state index contributed by atoms with van der Waals surface area (Å²) >= 11 is 3.33. The van der Waals surface area contributed by atoms with Crippen molar-refractivity contribution in [3.8, 4) is 5.75 Å². The van der Waals surface area contributed by atoms with Crippen LogP contribution in [0.4, 0.5) is 15.8 Å². The standard InChI is InChI=1S/C30H31BrFN3O4/c1-19(36)33-27-18-23(5-11-28(27)39-2)30(38)35-15-13-21(14-16-35)20-3-8-25(9-4-20)34-29(37)12-6-22-17-24(31)7-10-26(22)32/h3-5,7-11,17-18,21H,6,12-16H2,1-2H3,(H,33,36)(H,34,37). The molecule has 3 aromatic rings. The maximum atomic E-state index is 13.9. The molecule has 0 aliphatic carbocycles. The first-order valence-corrected chi connectivity index (χ1v) is 13.6. The van der Waals surface area contributed by atoms with Gasteiger partial charge in [0.05, 0.1) is 12.8 Å². The summed E-state index contributed by atoms with van der Waals surface area (Å²) in [6.45, 7) is 2.65. The minimum Gasteiger partial charge on any atom is -0.495 e. The first-order valence-electron chi connectivity index (χ1n) is 12.8. The first-order chi connectivity index (χ1) is 18.7. The number of carbonyl (C=O) groups is 3. The molecule has 3 aromatic carbocycles. The van der Waals surface area contributed by atoms with Crippen molar-refractivity contribution >= 4 is 45.0 Å². The number of hydrogen-bond acceptors (Lipinski definition) is 4. The van der Waals surface area contributed by atoms with Crippen LogP contribution in [0.5, 0.6) is 5.75 Å². The van der Waals surface area contributed by atoms with E-state index in [0.29, 0.717) is 53.7 Å². The molecule has 39 heavy (non-hydrogen) atoms. The van der Waals surface area contributed by atoms with Crippen molar-refractivity contribution in [1.82, 2.24) is 4.90 Å². The van der Waals surface area contributed by atoms with Crippen LogP contribution in [0.15, 0.2) is 65.1 Å². The number of nitrogens with one attached hydrogen (secondary N) is 2. The molecule has 4 rings (SSSR count). The molecular weight excluding hydrogens is 565 g/mol. The summed E-state index contributed by atoms with van der Waals surface area (Å²) < 4.78 is 20.0. The maximum Gasteiger partial charge on any atom is 0.253 e. The van der Waals surface area contributed by atoms with Gasteiger partial charge in [-0.25, -0.2) is 4.39 Å². The minimum atomic E-state index is -0.318. The van der Waals surface area contributed by atoms with Gasteiger partial charge in [0.25, 0.3) is 5.91 Å². The van der Waals surface area contributed by atoms with E-state index in [1.165, 1.54) is 20.1 Å². The summed E-state index contributed by atoms with van der Waals surface area (Å²) in [6, 6.07) is 17.5. The van der Waals surface area contributed by atoms with E-state index in [-0.39, 0.29) is 30.0 Å². The number of likely N-dealkylation sites (tertiary alicyclic amines) is 1. The maximum absolute atomic E-state index is 13.9. The lowest BCUT2D eigenvalue weighted by molar-refractivity contribution is -0.116. The largest absolute Gasteiger partial charge is 0.495 e. The SMILES string of the molecule is COc1ccc(C(=O)N2CCC(c3ccc(NC(=O)CCc4cc(Br)ccc4F)cc3)CC2)cc1NC(C)=O. The average molecular weight is 596 g/mol. The lowest BCUT2D eigenvalue weighted by Gasteiger charge is -2.32. The number of anilines is 2. The minimum absolute atomic E-state index is 0.0801. The second-order valence-electron chi connectivity index (χ2n) is 9.57. The van der Waals surface area contributed by atoms with Crippen LogP contribution in [-0.2, 0) is 16.0 Å². The Kier molecular flexibility index (Phi) is 9.35. The monoisotopic (exact) mass is 595 g/mol. The Morgan fingerprint density at radius 2 is 1.72 bits per heavy atom. The molecule has 3 amide bonds. The zero-order valence-electron chi connectivity index (χ0n) is 21.9. The third-order valence-electron chi connectivity index (χ3n) is 6.83. The second kappa shape index (κ2) is 12.9. The van der Waals surface area contributed by atoms with Crippen LogP contribution in [0, 0.1) is 5.82 Å². The van der Waals surface area contributed by atoms with Gasteiger partial charge in [0.1, 0.15) is 11.6 Å². The average Bonchev–Trinajstić information content (AvgIpc) is 2.93. The third-order valence-corrected chi connectivity index (χ3v) is 7.33. The highest BCUT2D eigenvalue weighted by atomic mass is 79.9. The number of nitrogens with zero attached hydrogens (tertiary/aromatic N) is 1. The predicted octanol–water partition coefficient (Wildman–Crippen LogP) is 6.15. The molecule has 0 unspecified atom stereocenters. The molecule has 1 fully saturated rings. The number of aryl methyl sites for hydroxylation is 1. The number of hydrogen-bond donors (Lipinski definition) is 2. The molecule has 9 heteroatoms. The lowest BCUT2D eigenvalue weighted by atomic mass is 9.89. The summed E-state index contributed by atoms with van der Waals surface area (Å²) in [5.41, 5.74) is 3.33. The van der Waals surface area contributed by atoms with Crippen molar-refractivity contribution < 1.29 is 23.5 Å². The highest BCUT2D eigenvalue weighted by molar-refractivity contribution is 9.10. The zero-order valence-corrected chi connectivity index (χ0v) is 23.5. The van der Waals surface area contributed by atoms with Crippen LogP contribution >= 0.6 is 15.9 Å². The molecule has 0 radical (unpaired) electrons. The van der Waals surface area contributed by atoms with Gasteiger partial charge in [-0.2, -0.15) is 0 Å². The van der Waals surface area contributed by atoms with Gasteiger partial charge in [-0.3, -0.25) is 14.4 Å². The van der Waals surface area contributed by atoms with Gasteiger partial charge in [-0.05, 0) is 84.8 Å². The van der Waals surface area contributed by atoms with E-state index < -0.39 is 0 Å². The first kappa shape index (κ1) is 28.3. The smallest absolute Gasteiger partial charge is 0.253 e. The number of piperidine rings is 1. The number of carbonyl (C=O) groups excluding carboxylic acids is 3. The highest BCUT2D eigenvalue weighted by Gasteiger charge is 2.25. The molecule has 1 aliphatic rings. The molecular formula is C30H31BrFN3O4. The molecule has 0 spiro atoms. The van der Waals surface area contributed by atoms with Crippen LogP contribution in [-0.4, -0.2) is 42.8 Å². The second-order valence-corrected chi connectivity index (χ2v) is 10.5. The normalized spacial score (nSPS) is 13.6. The Balaban J connectivity index is 1.29. The number of amides is 3. The van der Waals surface area contributed by atoms with Crippen LogP contribution in [0.25, 0.3) is 0 Å². The van der Waals surface area contributed by atoms with Gasteiger partial charge >= 0.3 is 0 Å². The van der Waals surface area contributed by atoms with E-state index in [2.05, 4.69) is 26.6 Å². The molecule has 1 heterocycles. The van der Waals surface area contributed by atoms with E-state index in [4.69, 9.17) is 4.74 Å².